The maximum atomic E-state index is 10.0. The van der Waals surface area contributed by atoms with E-state index in [0.717, 1.165) is 37.9 Å². The van der Waals surface area contributed by atoms with Crippen LogP contribution in [0.5, 0.6) is 0 Å². The summed E-state index contributed by atoms with van der Waals surface area (Å²) in [5.74, 6) is 7.45. The minimum absolute atomic E-state index is 0.527. The molecule has 1 aliphatic carbocycles. The van der Waals surface area contributed by atoms with E-state index in [-0.39, 0.29) is 0 Å². The number of hydrogen-bond donors (Lipinski definition) is 4. The lowest BCUT2D eigenvalue weighted by Gasteiger charge is -2.36. The summed E-state index contributed by atoms with van der Waals surface area (Å²) >= 11 is 0. The number of aliphatic hydroxyl groups is 1. The number of nitrogens with one attached hydrogen (secondary N) is 2. The van der Waals surface area contributed by atoms with Crippen molar-refractivity contribution in [2.24, 2.45) is 5.84 Å². The first kappa shape index (κ1) is 13.0. The molecule has 0 radical (unpaired) electrons. The zero-order valence-electron chi connectivity index (χ0n) is 10.7. The summed E-state index contributed by atoms with van der Waals surface area (Å²) in [5.41, 5.74) is 1.97. The number of aryl methyl sites for hydroxylation is 1. The van der Waals surface area contributed by atoms with E-state index in [1.807, 2.05) is 0 Å². The van der Waals surface area contributed by atoms with Gasteiger partial charge >= 0.3 is 0 Å². The number of hydrazine groups is 1. The number of hydrogen-bond acceptors (Lipinski definition) is 6. The summed E-state index contributed by atoms with van der Waals surface area (Å²) < 4.78 is 0. The van der Waals surface area contributed by atoms with E-state index in [4.69, 9.17) is 5.84 Å². The highest BCUT2D eigenvalue weighted by Gasteiger charge is 2.34. The number of nitrogen functional groups attached to an aromatic ring is 1. The molecular weight excluding hydrogens is 230 g/mol. The van der Waals surface area contributed by atoms with Gasteiger partial charge in [0, 0.05) is 19.0 Å². The quantitative estimate of drug-likeness (QED) is 0.446. The van der Waals surface area contributed by atoms with Gasteiger partial charge in [0.25, 0.3) is 0 Å². The molecule has 1 aliphatic rings. The molecule has 6 nitrogen and oxygen atoms in total. The van der Waals surface area contributed by atoms with Gasteiger partial charge in [0.2, 0.25) is 0 Å². The molecule has 5 N–H and O–H groups in total. The van der Waals surface area contributed by atoms with Gasteiger partial charge in [-0.2, -0.15) is 0 Å². The first-order valence-corrected chi connectivity index (χ1v) is 6.46. The van der Waals surface area contributed by atoms with Crippen LogP contribution >= 0.6 is 0 Å². The van der Waals surface area contributed by atoms with Gasteiger partial charge in [-0.05, 0) is 25.7 Å². The molecule has 0 aromatic carbocycles. The third-order valence-corrected chi connectivity index (χ3v) is 3.28. The van der Waals surface area contributed by atoms with E-state index in [2.05, 4.69) is 27.6 Å². The predicted molar refractivity (Wildman–Crippen MR) is 71.1 cm³/mol. The third-order valence-electron chi connectivity index (χ3n) is 3.28. The highest BCUT2D eigenvalue weighted by Crippen LogP contribution is 2.31. The first-order valence-electron chi connectivity index (χ1n) is 6.46. The summed E-state index contributed by atoms with van der Waals surface area (Å²) in [6, 6.07) is 1.75. The Labute approximate surface area is 107 Å². The molecule has 100 valence electrons. The van der Waals surface area contributed by atoms with Gasteiger partial charge in [0.05, 0.1) is 5.60 Å². The van der Waals surface area contributed by atoms with E-state index in [0.29, 0.717) is 18.2 Å². The largest absolute Gasteiger partial charge is 0.388 e. The molecule has 1 heterocycles. The Bertz CT molecular complexity index is 405. The Morgan fingerprint density at radius 1 is 1.39 bits per heavy atom. The summed E-state index contributed by atoms with van der Waals surface area (Å²) in [5, 5.41) is 13.2. The molecule has 1 saturated carbocycles. The minimum atomic E-state index is -0.563. The van der Waals surface area contributed by atoms with Crippen molar-refractivity contribution in [2.75, 3.05) is 17.3 Å². The number of rotatable bonds is 6. The maximum Gasteiger partial charge on any atom is 0.145 e. The van der Waals surface area contributed by atoms with Crippen molar-refractivity contribution in [2.45, 2.75) is 44.6 Å². The molecule has 0 aliphatic heterocycles. The van der Waals surface area contributed by atoms with Crippen molar-refractivity contribution < 1.29 is 5.11 Å². The van der Waals surface area contributed by atoms with Crippen LogP contribution in [-0.4, -0.2) is 27.2 Å². The van der Waals surface area contributed by atoms with Crippen LogP contribution in [0, 0.1) is 0 Å². The van der Waals surface area contributed by atoms with Crippen molar-refractivity contribution in [3.63, 3.8) is 0 Å². The highest BCUT2D eigenvalue weighted by atomic mass is 16.3. The fraction of sp³-hybridized carbons (Fsp3) is 0.667. The standard InChI is InChI=1S/C12H21N5O/c1-2-4-9-15-10(7-11(16-9)17-13)14-8-12(18)5-3-6-12/h7,18H,2-6,8,13H2,1H3,(H2,14,15,16,17). The Hall–Kier alpha value is -1.40. The number of aromatic nitrogens is 2. The second kappa shape index (κ2) is 5.49. The van der Waals surface area contributed by atoms with Crippen LogP contribution in [0.3, 0.4) is 0 Å². The van der Waals surface area contributed by atoms with E-state index in [9.17, 15) is 5.11 Å². The summed E-state index contributed by atoms with van der Waals surface area (Å²) in [6.45, 7) is 2.61. The van der Waals surface area contributed by atoms with Gasteiger partial charge in [0.1, 0.15) is 17.5 Å². The average Bonchev–Trinajstić information content (AvgIpc) is 2.34. The fourth-order valence-corrected chi connectivity index (χ4v) is 2.01. The molecule has 0 atom stereocenters. The van der Waals surface area contributed by atoms with Crippen molar-refractivity contribution in [1.29, 1.82) is 0 Å². The second-order valence-electron chi connectivity index (χ2n) is 4.88. The van der Waals surface area contributed by atoms with Crippen molar-refractivity contribution >= 4 is 11.6 Å². The van der Waals surface area contributed by atoms with Crippen LogP contribution in [-0.2, 0) is 6.42 Å². The van der Waals surface area contributed by atoms with Crippen LogP contribution in [0.25, 0.3) is 0 Å². The molecule has 1 fully saturated rings. The Kier molecular flexibility index (Phi) is 3.98. The van der Waals surface area contributed by atoms with Gasteiger partial charge in [-0.3, -0.25) is 0 Å². The zero-order valence-corrected chi connectivity index (χ0v) is 10.7. The van der Waals surface area contributed by atoms with Crippen molar-refractivity contribution in [1.82, 2.24) is 9.97 Å². The van der Waals surface area contributed by atoms with Crippen LogP contribution in [0.15, 0.2) is 6.07 Å². The summed E-state index contributed by atoms with van der Waals surface area (Å²) in [4.78, 5) is 8.67. The predicted octanol–water partition coefficient (Wildman–Crippen LogP) is 1.04. The molecule has 0 bridgehead atoms. The van der Waals surface area contributed by atoms with E-state index in [1.165, 1.54) is 0 Å². The first-order chi connectivity index (χ1) is 8.65. The van der Waals surface area contributed by atoms with Crippen molar-refractivity contribution in [3.8, 4) is 0 Å². The molecule has 0 saturated heterocycles. The molecular formula is C12H21N5O. The molecule has 1 aromatic heterocycles. The topological polar surface area (TPSA) is 96.1 Å². The van der Waals surface area contributed by atoms with Crippen LogP contribution in [0.1, 0.15) is 38.4 Å². The molecule has 6 heteroatoms. The highest BCUT2D eigenvalue weighted by molar-refractivity contribution is 5.47. The van der Waals surface area contributed by atoms with E-state index < -0.39 is 5.60 Å². The monoisotopic (exact) mass is 251 g/mol. The molecule has 1 aromatic rings. The lowest BCUT2D eigenvalue weighted by Crippen LogP contribution is -2.43. The molecule has 0 spiro atoms. The minimum Gasteiger partial charge on any atom is -0.388 e. The zero-order chi connectivity index (χ0) is 13.0. The van der Waals surface area contributed by atoms with Gasteiger partial charge < -0.3 is 15.8 Å². The number of nitrogens with zero attached hydrogens (tertiary/aromatic N) is 2. The Morgan fingerprint density at radius 3 is 2.67 bits per heavy atom. The number of nitrogens with two attached hydrogens (primary N) is 1. The molecule has 2 rings (SSSR count). The van der Waals surface area contributed by atoms with Crippen LogP contribution in [0.2, 0.25) is 0 Å². The third kappa shape index (κ3) is 3.08. The van der Waals surface area contributed by atoms with Crippen LogP contribution < -0.4 is 16.6 Å². The lowest BCUT2D eigenvalue weighted by atomic mass is 9.80. The SMILES string of the molecule is CCCc1nc(NN)cc(NCC2(O)CCC2)n1. The average molecular weight is 251 g/mol. The lowest BCUT2D eigenvalue weighted by molar-refractivity contribution is -0.0202. The number of anilines is 2. The molecule has 0 unspecified atom stereocenters. The Balaban J connectivity index is 2.03. The second-order valence-corrected chi connectivity index (χ2v) is 4.88. The maximum absolute atomic E-state index is 10.0. The van der Waals surface area contributed by atoms with Crippen molar-refractivity contribution in [3.05, 3.63) is 11.9 Å². The van der Waals surface area contributed by atoms with Gasteiger partial charge in [-0.25, -0.2) is 15.8 Å². The van der Waals surface area contributed by atoms with Gasteiger partial charge in [-0.1, -0.05) is 6.92 Å². The van der Waals surface area contributed by atoms with E-state index in [1.54, 1.807) is 6.07 Å². The smallest absolute Gasteiger partial charge is 0.145 e. The summed E-state index contributed by atoms with van der Waals surface area (Å²) in [6.07, 6.45) is 4.61. The summed E-state index contributed by atoms with van der Waals surface area (Å²) in [7, 11) is 0. The molecule has 18 heavy (non-hydrogen) atoms. The van der Waals surface area contributed by atoms with Gasteiger partial charge in [0.15, 0.2) is 0 Å². The Morgan fingerprint density at radius 2 is 2.11 bits per heavy atom. The normalized spacial score (nSPS) is 17.1. The molecule has 0 amide bonds. The van der Waals surface area contributed by atoms with E-state index >= 15 is 0 Å². The fourth-order valence-electron chi connectivity index (χ4n) is 2.01. The van der Waals surface area contributed by atoms with Crippen LogP contribution in [0.4, 0.5) is 11.6 Å². The van der Waals surface area contributed by atoms with Gasteiger partial charge in [-0.15, -0.1) is 0 Å².